The summed E-state index contributed by atoms with van der Waals surface area (Å²) in [5, 5.41) is 7.21. The lowest BCUT2D eigenvalue weighted by Gasteiger charge is -2.14. The van der Waals surface area contributed by atoms with Crippen molar-refractivity contribution < 1.29 is 14.1 Å². The van der Waals surface area contributed by atoms with E-state index in [2.05, 4.69) is 10.5 Å². The van der Waals surface area contributed by atoms with Gasteiger partial charge in [-0.15, -0.1) is 12.4 Å². The second-order valence-corrected chi connectivity index (χ2v) is 5.97. The molecule has 24 heavy (non-hydrogen) atoms. The summed E-state index contributed by atoms with van der Waals surface area (Å²) in [4.78, 5) is 14.3. The van der Waals surface area contributed by atoms with Crippen LogP contribution >= 0.6 is 12.4 Å². The van der Waals surface area contributed by atoms with E-state index in [-0.39, 0.29) is 24.1 Å². The Morgan fingerprint density at radius 2 is 2.29 bits per heavy atom. The Morgan fingerprint density at radius 1 is 1.42 bits per heavy atom. The van der Waals surface area contributed by atoms with E-state index in [1.54, 1.807) is 11.0 Å². The monoisotopic (exact) mass is 349 g/mol. The molecule has 4 rings (SSSR count). The zero-order chi connectivity index (χ0) is 15.6. The molecule has 2 aliphatic rings. The van der Waals surface area contributed by atoms with Crippen molar-refractivity contribution in [3.63, 3.8) is 0 Å². The second-order valence-electron chi connectivity index (χ2n) is 5.97. The molecule has 1 fully saturated rings. The molecule has 1 saturated heterocycles. The van der Waals surface area contributed by atoms with Gasteiger partial charge in [-0.25, -0.2) is 0 Å². The number of hydrogen-bond donors (Lipinski definition) is 1. The van der Waals surface area contributed by atoms with Gasteiger partial charge in [-0.2, -0.15) is 0 Å². The molecule has 3 heterocycles. The van der Waals surface area contributed by atoms with Crippen LogP contribution in [0.25, 0.3) is 0 Å². The molecule has 1 aromatic carbocycles. The number of hydrogen-bond acceptors (Lipinski definition) is 5. The van der Waals surface area contributed by atoms with Gasteiger partial charge in [0, 0.05) is 18.3 Å². The number of amides is 1. The number of benzene rings is 1. The molecule has 1 amide bonds. The number of nitrogens with zero attached hydrogens (tertiary/aromatic N) is 2. The van der Waals surface area contributed by atoms with E-state index in [9.17, 15) is 4.79 Å². The first-order valence-corrected chi connectivity index (χ1v) is 8.04. The SMILES string of the molecule is Cl.O=C(c1cc(OC[C@@H]2CCCN2)no1)N1CCc2ccccc21. The third kappa shape index (κ3) is 3.25. The Bertz CT molecular complexity index is 713. The zero-order valence-corrected chi connectivity index (χ0v) is 14.1. The number of carbonyl (C=O) groups is 1. The molecule has 0 saturated carbocycles. The fraction of sp³-hybridized carbons (Fsp3) is 0.412. The van der Waals surface area contributed by atoms with Crippen molar-refractivity contribution in [1.82, 2.24) is 10.5 Å². The number of nitrogens with one attached hydrogen (secondary N) is 1. The normalized spacial score (nSPS) is 19.0. The van der Waals surface area contributed by atoms with Crippen LogP contribution < -0.4 is 15.0 Å². The Hall–Kier alpha value is -2.05. The molecule has 128 valence electrons. The first-order valence-electron chi connectivity index (χ1n) is 8.04. The summed E-state index contributed by atoms with van der Waals surface area (Å²) in [5.74, 6) is 0.418. The van der Waals surface area contributed by atoms with E-state index in [0.29, 0.717) is 25.1 Å². The van der Waals surface area contributed by atoms with Gasteiger partial charge in [0.2, 0.25) is 5.76 Å². The smallest absolute Gasteiger partial charge is 0.297 e. The summed E-state index contributed by atoms with van der Waals surface area (Å²) < 4.78 is 10.8. The Labute approximate surface area is 146 Å². The highest BCUT2D eigenvalue weighted by Crippen LogP contribution is 2.29. The van der Waals surface area contributed by atoms with Gasteiger partial charge in [0.1, 0.15) is 6.61 Å². The molecule has 7 heteroatoms. The van der Waals surface area contributed by atoms with Gasteiger partial charge in [-0.05, 0) is 42.6 Å². The topological polar surface area (TPSA) is 67.6 Å². The fourth-order valence-corrected chi connectivity index (χ4v) is 3.19. The molecule has 1 N–H and O–H groups in total. The molecule has 2 aromatic rings. The quantitative estimate of drug-likeness (QED) is 0.918. The number of fused-ring (bicyclic) bond motifs is 1. The number of halogens is 1. The molecule has 1 aromatic heterocycles. The van der Waals surface area contributed by atoms with E-state index in [1.807, 2.05) is 24.3 Å². The van der Waals surface area contributed by atoms with Crippen LogP contribution in [0.4, 0.5) is 5.69 Å². The minimum atomic E-state index is -0.170. The van der Waals surface area contributed by atoms with Crippen molar-refractivity contribution in [3.05, 3.63) is 41.7 Å². The van der Waals surface area contributed by atoms with Crippen LogP contribution in [0.5, 0.6) is 5.88 Å². The fourth-order valence-electron chi connectivity index (χ4n) is 3.19. The van der Waals surface area contributed by atoms with Gasteiger partial charge >= 0.3 is 0 Å². The number of rotatable bonds is 4. The highest BCUT2D eigenvalue weighted by atomic mass is 35.5. The number of carbonyl (C=O) groups excluding carboxylic acids is 1. The molecule has 1 atom stereocenters. The summed E-state index contributed by atoms with van der Waals surface area (Å²) in [5.41, 5.74) is 2.13. The minimum Gasteiger partial charge on any atom is -0.474 e. The summed E-state index contributed by atoms with van der Waals surface area (Å²) in [6, 6.07) is 9.87. The van der Waals surface area contributed by atoms with Crippen molar-refractivity contribution in [2.24, 2.45) is 0 Å². The average Bonchev–Trinajstić information content (AvgIpc) is 3.32. The number of aromatic nitrogens is 1. The van der Waals surface area contributed by atoms with Crippen LogP contribution in [0.3, 0.4) is 0 Å². The van der Waals surface area contributed by atoms with Crippen molar-refractivity contribution in [1.29, 1.82) is 0 Å². The third-order valence-corrected chi connectivity index (χ3v) is 4.43. The van der Waals surface area contributed by atoms with E-state index in [4.69, 9.17) is 9.26 Å². The first kappa shape index (κ1) is 16.8. The van der Waals surface area contributed by atoms with Crippen molar-refractivity contribution in [2.45, 2.75) is 25.3 Å². The van der Waals surface area contributed by atoms with Crippen LogP contribution in [0.15, 0.2) is 34.9 Å². The van der Waals surface area contributed by atoms with Gasteiger partial charge in [0.15, 0.2) is 0 Å². The van der Waals surface area contributed by atoms with Crippen molar-refractivity contribution in [2.75, 3.05) is 24.6 Å². The highest BCUT2D eigenvalue weighted by Gasteiger charge is 2.28. The van der Waals surface area contributed by atoms with Crippen LogP contribution in [0.1, 0.15) is 29.0 Å². The maximum atomic E-state index is 12.6. The lowest BCUT2D eigenvalue weighted by Crippen LogP contribution is -2.28. The largest absolute Gasteiger partial charge is 0.474 e. The average molecular weight is 350 g/mol. The van der Waals surface area contributed by atoms with E-state index in [0.717, 1.165) is 25.1 Å². The minimum absolute atomic E-state index is 0. The summed E-state index contributed by atoms with van der Waals surface area (Å²) >= 11 is 0. The molecule has 2 aliphatic heterocycles. The van der Waals surface area contributed by atoms with Gasteiger partial charge in [0.25, 0.3) is 11.8 Å². The second kappa shape index (κ2) is 7.23. The Kier molecular flexibility index (Phi) is 5.06. The zero-order valence-electron chi connectivity index (χ0n) is 13.2. The van der Waals surface area contributed by atoms with Crippen LogP contribution in [-0.2, 0) is 6.42 Å². The van der Waals surface area contributed by atoms with E-state index >= 15 is 0 Å². The molecule has 6 nitrogen and oxygen atoms in total. The number of para-hydroxylation sites is 1. The summed E-state index contributed by atoms with van der Waals surface area (Å²) in [6.07, 6.45) is 3.14. The van der Waals surface area contributed by atoms with Gasteiger partial charge in [0.05, 0.1) is 6.07 Å². The van der Waals surface area contributed by atoms with Crippen molar-refractivity contribution in [3.8, 4) is 5.88 Å². The molecule has 0 unspecified atom stereocenters. The highest BCUT2D eigenvalue weighted by molar-refractivity contribution is 6.05. The standard InChI is InChI=1S/C17H19N3O3.ClH/c21-17(20-9-7-12-4-1-2-6-14(12)20)15-10-16(19-23-15)22-11-13-5-3-8-18-13;/h1-2,4,6,10,13,18H,3,5,7-9,11H2;1H/t13-;/m0./s1. The predicted molar refractivity (Wildman–Crippen MR) is 92.1 cm³/mol. The summed E-state index contributed by atoms with van der Waals surface area (Å²) in [6.45, 7) is 2.25. The molecule has 0 radical (unpaired) electrons. The Balaban J connectivity index is 0.00000169. The molecule has 0 bridgehead atoms. The van der Waals surface area contributed by atoms with Crippen LogP contribution in [0, 0.1) is 0 Å². The first-order chi connectivity index (χ1) is 11.3. The molecule has 0 spiro atoms. The maximum absolute atomic E-state index is 12.6. The lowest BCUT2D eigenvalue weighted by atomic mass is 10.2. The van der Waals surface area contributed by atoms with Crippen molar-refractivity contribution >= 4 is 24.0 Å². The predicted octanol–water partition coefficient (Wildman–Crippen LogP) is 2.43. The lowest BCUT2D eigenvalue weighted by molar-refractivity contribution is 0.0953. The van der Waals surface area contributed by atoms with Gasteiger partial charge < -0.3 is 19.5 Å². The number of ether oxygens (including phenoxy) is 1. The molecular formula is C17H20ClN3O3. The van der Waals surface area contributed by atoms with E-state index < -0.39 is 0 Å². The third-order valence-electron chi connectivity index (χ3n) is 4.43. The van der Waals surface area contributed by atoms with Crippen LogP contribution in [0.2, 0.25) is 0 Å². The summed E-state index contributed by atoms with van der Waals surface area (Å²) in [7, 11) is 0. The number of anilines is 1. The molecular weight excluding hydrogens is 330 g/mol. The maximum Gasteiger partial charge on any atom is 0.297 e. The van der Waals surface area contributed by atoms with Crippen LogP contribution in [-0.4, -0.2) is 36.8 Å². The molecule has 0 aliphatic carbocycles. The van der Waals surface area contributed by atoms with Gasteiger partial charge in [-0.3, -0.25) is 4.79 Å². The van der Waals surface area contributed by atoms with Gasteiger partial charge in [-0.1, -0.05) is 18.2 Å². The van der Waals surface area contributed by atoms with E-state index in [1.165, 1.54) is 12.0 Å². The Morgan fingerprint density at radius 3 is 3.12 bits per heavy atom.